The lowest BCUT2D eigenvalue weighted by Gasteiger charge is -2.08. The standard InChI is InChI=1S/C14H16ClIN2O/c15-8-14-17-12-7-11(16)3-4-13(12)18(14)5-6-19-9-10-1-2-10/h3-4,7,10H,1-2,5-6,8-9H2. The highest BCUT2D eigenvalue weighted by Gasteiger charge is 2.21. The van der Waals surface area contributed by atoms with E-state index in [4.69, 9.17) is 16.3 Å². The van der Waals surface area contributed by atoms with Gasteiger partial charge in [-0.3, -0.25) is 0 Å². The molecular formula is C14H16ClIN2O. The Balaban J connectivity index is 1.75. The third kappa shape index (κ3) is 3.23. The SMILES string of the molecule is ClCc1nc2cc(I)ccc2n1CCOCC1CC1. The predicted octanol–water partition coefficient (Wildman–Crippen LogP) is 3.81. The smallest absolute Gasteiger partial charge is 0.124 e. The maximum atomic E-state index is 5.99. The van der Waals surface area contributed by atoms with Crippen LogP contribution in [-0.4, -0.2) is 22.8 Å². The zero-order chi connectivity index (χ0) is 13.2. The normalized spacial score (nSPS) is 15.3. The van der Waals surface area contributed by atoms with Crippen molar-refractivity contribution in [1.82, 2.24) is 9.55 Å². The Morgan fingerprint density at radius 1 is 1.42 bits per heavy atom. The Labute approximate surface area is 131 Å². The predicted molar refractivity (Wildman–Crippen MR) is 85.6 cm³/mol. The maximum Gasteiger partial charge on any atom is 0.124 e. The van der Waals surface area contributed by atoms with Crippen molar-refractivity contribution in [1.29, 1.82) is 0 Å². The molecule has 0 unspecified atom stereocenters. The van der Waals surface area contributed by atoms with Gasteiger partial charge in [0, 0.05) is 16.7 Å². The molecule has 1 fully saturated rings. The van der Waals surface area contributed by atoms with Gasteiger partial charge in [0.2, 0.25) is 0 Å². The summed E-state index contributed by atoms with van der Waals surface area (Å²) in [6, 6.07) is 6.30. The summed E-state index contributed by atoms with van der Waals surface area (Å²) < 4.78 is 9.08. The number of ether oxygens (including phenoxy) is 1. The molecule has 0 atom stereocenters. The van der Waals surface area contributed by atoms with E-state index in [0.717, 1.165) is 42.5 Å². The average Bonchev–Trinajstić information content (AvgIpc) is 3.16. The van der Waals surface area contributed by atoms with Gasteiger partial charge in [0.25, 0.3) is 0 Å². The number of fused-ring (bicyclic) bond motifs is 1. The minimum atomic E-state index is 0.438. The van der Waals surface area contributed by atoms with E-state index in [2.05, 4.69) is 50.3 Å². The number of alkyl halides is 1. The summed E-state index contributed by atoms with van der Waals surface area (Å²) in [4.78, 5) is 4.59. The summed E-state index contributed by atoms with van der Waals surface area (Å²) in [5.41, 5.74) is 2.16. The molecule has 0 N–H and O–H groups in total. The molecule has 3 rings (SSSR count). The molecular weight excluding hydrogens is 375 g/mol. The Morgan fingerprint density at radius 3 is 3.00 bits per heavy atom. The van der Waals surface area contributed by atoms with Gasteiger partial charge in [0.1, 0.15) is 5.82 Å². The number of hydrogen-bond donors (Lipinski definition) is 0. The number of benzene rings is 1. The first kappa shape index (κ1) is 13.6. The molecule has 0 aliphatic heterocycles. The summed E-state index contributed by atoms with van der Waals surface area (Å²) in [6.45, 7) is 2.46. The number of imidazole rings is 1. The van der Waals surface area contributed by atoms with E-state index in [0.29, 0.717) is 5.88 Å². The quantitative estimate of drug-likeness (QED) is 0.426. The highest BCUT2D eigenvalue weighted by molar-refractivity contribution is 14.1. The summed E-state index contributed by atoms with van der Waals surface area (Å²) in [7, 11) is 0. The van der Waals surface area contributed by atoms with E-state index in [-0.39, 0.29) is 0 Å². The topological polar surface area (TPSA) is 27.1 Å². The molecule has 1 aromatic carbocycles. The van der Waals surface area contributed by atoms with Crippen LogP contribution in [0.4, 0.5) is 0 Å². The van der Waals surface area contributed by atoms with E-state index in [1.807, 2.05) is 0 Å². The number of halogens is 2. The van der Waals surface area contributed by atoms with Gasteiger partial charge in [-0.05, 0) is 59.5 Å². The van der Waals surface area contributed by atoms with Gasteiger partial charge in [-0.2, -0.15) is 0 Å². The largest absolute Gasteiger partial charge is 0.379 e. The minimum Gasteiger partial charge on any atom is -0.379 e. The van der Waals surface area contributed by atoms with Crippen LogP contribution < -0.4 is 0 Å². The summed E-state index contributed by atoms with van der Waals surface area (Å²) in [5, 5.41) is 0. The summed E-state index contributed by atoms with van der Waals surface area (Å²) in [5.74, 6) is 2.18. The Kier molecular flexibility index (Phi) is 4.29. The molecule has 0 bridgehead atoms. The van der Waals surface area contributed by atoms with Gasteiger partial charge >= 0.3 is 0 Å². The molecule has 2 aromatic rings. The van der Waals surface area contributed by atoms with Gasteiger partial charge < -0.3 is 9.30 Å². The monoisotopic (exact) mass is 390 g/mol. The van der Waals surface area contributed by atoms with Crippen molar-refractivity contribution in [3.05, 3.63) is 27.6 Å². The molecule has 1 aromatic heterocycles. The first-order valence-electron chi connectivity index (χ1n) is 6.56. The molecule has 5 heteroatoms. The summed E-state index contributed by atoms with van der Waals surface area (Å²) in [6.07, 6.45) is 2.67. The molecule has 0 radical (unpaired) electrons. The Hall–Kier alpha value is -0.330. The van der Waals surface area contributed by atoms with Crippen molar-refractivity contribution in [2.45, 2.75) is 25.3 Å². The number of hydrogen-bond acceptors (Lipinski definition) is 2. The van der Waals surface area contributed by atoms with Gasteiger partial charge in [-0.1, -0.05) is 0 Å². The third-order valence-electron chi connectivity index (χ3n) is 3.42. The van der Waals surface area contributed by atoms with Crippen LogP contribution in [0, 0.1) is 9.49 Å². The van der Waals surface area contributed by atoms with Crippen LogP contribution in [0.25, 0.3) is 11.0 Å². The van der Waals surface area contributed by atoms with Crippen LogP contribution in [0.15, 0.2) is 18.2 Å². The average molecular weight is 391 g/mol. The number of aromatic nitrogens is 2. The fourth-order valence-corrected chi connectivity index (χ4v) is 2.87. The van der Waals surface area contributed by atoms with Crippen LogP contribution in [0.1, 0.15) is 18.7 Å². The lowest BCUT2D eigenvalue weighted by molar-refractivity contribution is 0.117. The lowest BCUT2D eigenvalue weighted by atomic mass is 10.3. The second-order valence-corrected chi connectivity index (χ2v) is 6.48. The Morgan fingerprint density at radius 2 is 2.26 bits per heavy atom. The highest BCUT2D eigenvalue weighted by Crippen LogP contribution is 2.28. The first-order chi connectivity index (χ1) is 9.28. The van der Waals surface area contributed by atoms with Crippen molar-refractivity contribution in [3.63, 3.8) is 0 Å². The molecule has 1 heterocycles. The molecule has 102 valence electrons. The van der Waals surface area contributed by atoms with Crippen LogP contribution in [-0.2, 0) is 17.2 Å². The van der Waals surface area contributed by atoms with E-state index in [1.165, 1.54) is 16.4 Å². The highest BCUT2D eigenvalue weighted by atomic mass is 127. The van der Waals surface area contributed by atoms with Gasteiger partial charge in [-0.25, -0.2) is 4.98 Å². The van der Waals surface area contributed by atoms with Crippen LogP contribution >= 0.6 is 34.2 Å². The zero-order valence-corrected chi connectivity index (χ0v) is 13.5. The van der Waals surface area contributed by atoms with Crippen LogP contribution in [0.2, 0.25) is 0 Å². The van der Waals surface area contributed by atoms with Gasteiger partial charge in [-0.15, -0.1) is 11.6 Å². The first-order valence-corrected chi connectivity index (χ1v) is 8.17. The van der Waals surface area contributed by atoms with E-state index in [9.17, 15) is 0 Å². The fourth-order valence-electron chi connectivity index (χ4n) is 2.19. The molecule has 0 spiro atoms. The minimum absolute atomic E-state index is 0.438. The van der Waals surface area contributed by atoms with Crippen LogP contribution in [0.3, 0.4) is 0 Å². The van der Waals surface area contributed by atoms with Crippen molar-refractivity contribution in [2.75, 3.05) is 13.2 Å². The summed E-state index contributed by atoms with van der Waals surface area (Å²) >= 11 is 8.29. The molecule has 0 saturated heterocycles. The molecule has 19 heavy (non-hydrogen) atoms. The molecule has 1 aliphatic rings. The van der Waals surface area contributed by atoms with Crippen molar-refractivity contribution in [2.24, 2.45) is 5.92 Å². The second kappa shape index (κ2) is 5.97. The van der Waals surface area contributed by atoms with Gasteiger partial charge in [0.15, 0.2) is 0 Å². The fraction of sp³-hybridized carbons (Fsp3) is 0.500. The third-order valence-corrected chi connectivity index (χ3v) is 4.33. The second-order valence-electron chi connectivity index (χ2n) is 4.96. The molecule has 1 saturated carbocycles. The van der Waals surface area contributed by atoms with Crippen molar-refractivity contribution < 1.29 is 4.74 Å². The Bertz CT molecular complexity index is 580. The molecule has 3 nitrogen and oxygen atoms in total. The van der Waals surface area contributed by atoms with Crippen molar-refractivity contribution in [3.8, 4) is 0 Å². The number of nitrogens with zero attached hydrogens (tertiary/aromatic N) is 2. The van der Waals surface area contributed by atoms with E-state index in [1.54, 1.807) is 0 Å². The van der Waals surface area contributed by atoms with Gasteiger partial charge in [0.05, 0.1) is 23.5 Å². The van der Waals surface area contributed by atoms with E-state index < -0.39 is 0 Å². The van der Waals surface area contributed by atoms with Crippen molar-refractivity contribution >= 4 is 45.2 Å². The molecule has 1 aliphatic carbocycles. The molecule has 0 amide bonds. The zero-order valence-electron chi connectivity index (χ0n) is 10.6. The van der Waals surface area contributed by atoms with E-state index >= 15 is 0 Å². The lowest BCUT2D eigenvalue weighted by Crippen LogP contribution is -2.09. The van der Waals surface area contributed by atoms with Crippen LogP contribution in [0.5, 0.6) is 0 Å². The number of rotatable bonds is 6. The maximum absolute atomic E-state index is 5.99.